The quantitative estimate of drug-likeness (QED) is 0.664. The van der Waals surface area contributed by atoms with Gasteiger partial charge in [0, 0.05) is 12.1 Å². The molecule has 3 rings (SSSR count). The highest BCUT2D eigenvalue weighted by Crippen LogP contribution is 2.23. The van der Waals surface area contributed by atoms with Crippen LogP contribution in [0.4, 0.5) is 10.1 Å². The van der Waals surface area contributed by atoms with Crippen LogP contribution in [-0.4, -0.2) is 45.3 Å². The number of benzene rings is 2. The van der Waals surface area contributed by atoms with Crippen molar-refractivity contribution in [3.8, 4) is 0 Å². The molecule has 2 N–H and O–H groups in total. The van der Waals surface area contributed by atoms with Gasteiger partial charge in [-0.05, 0) is 49.5 Å². The van der Waals surface area contributed by atoms with Crippen LogP contribution in [0.3, 0.4) is 0 Å². The van der Waals surface area contributed by atoms with Gasteiger partial charge in [-0.3, -0.25) is 24.7 Å². The van der Waals surface area contributed by atoms with E-state index in [0.29, 0.717) is 10.7 Å². The lowest BCUT2D eigenvalue weighted by atomic mass is 10.1. The Balaban J connectivity index is 1.78. The van der Waals surface area contributed by atoms with Crippen molar-refractivity contribution in [2.75, 3.05) is 11.9 Å². The van der Waals surface area contributed by atoms with E-state index in [9.17, 15) is 18.8 Å². The average molecular weight is 449 g/mol. The van der Waals surface area contributed by atoms with E-state index in [0.717, 1.165) is 6.07 Å². The molecule has 0 bridgehead atoms. The summed E-state index contributed by atoms with van der Waals surface area (Å²) in [6.45, 7) is 2.00. The molecule has 1 unspecified atom stereocenters. The maximum atomic E-state index is 13.4. The van der Waals surface area contributed by atoms with Crippen molar-refractivity contribution >= 4 is 52.3 Å². The van der Waals surface area contributed by atoms with Crippen LogP contribution < -0.4 is 10.7 Å². The number of para-hydroxylation sites is 1. The van der Waals surface area contributed by atoms with E-state index < -0.39 is 29.6 Å². The maximum Gasteiger partial charge on any atom is 0.269 e. The molecule has 0 radical (unpaired) electrons. The summed E-state index contributed by atoms with van der Waals surface area (Å²) in [7, 11) is 0. The van der Waals surface area contributed by atoms with Gasteiger partial charge >= 0.3 is 0 Å². The highest BCUT2D eigenvalue weighted by atomic mass is 35.5. The maximum absolute atomic E-state index is 13.4. The lowest BCUT2D eigenvalue weighted by Gasteiger charge is -2.24. The molecule has 0 saturated carbocycles. The molecule has 1 aliphatic rings. The molecule has 1 fully saturated rings. The van der Waals surface area contributed by atoms with Gasteiger partial charge in [-0.1, -0.05) is 29.8 Å². The SMILES string of the molecule is CCN1C(=O)C(CC(=O)Nc2ccccc2Cl)N(NC(=O)c2cccc(F)c2)C1=S. The molecule has 30 heavy (non-hydrogen) atoms. The molecule has 3 amide bonds. The van der Waals surface area contributed by atoms with Gasteiger partial charge in [0.25, 0.3) is 11.8 Å². The number of rotatable bonds is 6. The highest BCUT2D eigenvalue weighted by Gasteiger charge is 2.44. The molecule has 2 aromatic rings. The molecule has 1 saturated heterocycles. The van der Waals surface area contributed by atoms with E-state index in [4.69, 9.17) is 23.8 Å². The first-order chi connectivity index (χ1) is 14.3. The monoisotopic (exact) mass is 448 g/mol. The van der Waals surface area contributed by atoms with Gasteiger partial charge in [-0.2, -0.15) is 0 Å². The van der Waals surface area contributed by atoms with Crippen molar-refractivity contribution in [2.24, 2.45) is 0 Å². The average Bonchev–Trinajstić information content (AvgIpc) is 2.93. The van der Waals surface area contributed by atoms with Crippen LogP contribution in [0.2, 0.25) is 5.02 Å². The normalized spacial score (nSPS) is 16.0. The van der Waals surface area contributed by atoms with E-state index in [2.05, 4.69) is 10.7 Å². The van der Waals surface area contributed by atoms with Crippen LogP contribution in [0.15, 0.2) is 48.5 Å². The number of likely N-dealkylation sites (N-methyl/N-ethyl adjacent to an activating group) is 1. The summed E-state index contributed by atoms with van der Waals surface area (Å²) < 4.78 is 13.4. The molecule has 1 aliphatic heterocycles. The predicted octanol–water partition coefficient (Wildman–Crippen LogP) is 2.97. The zero-order valence-electron chi connectivity index (χ0n) is 15.9. The third kappa shape index (κ3) is 4.58. The number of nitrogens with zero attached hydrogens (tertiary/aromatic N) is 2. The van der Waals surface area contributed by atoms with Crippen molar-refractivity contribution in [1.29, 1.82) is 0 Å². The zero-order chi connectivity index (χ0) is 21.8. The second kappa shape index (κ2) is 9.19. The number of anilines is 1. The first-order valence-corrected chi connectivity index (χ1v) is 9.86. The fraction of sp³-hybridized carbons (Fsp3) is 0.200. The van der Waals surface area contributed by atoms with Gasteiger partial charge in [0.05, 0.1) is 17.1 Å². The van der Waals surface area contributed by atoms with Crippen molar-refractivity contribution < 1.29 is 18.8 Å². The summed E-state index contributed by atoms with van der Waals surface area (Å²) in [6, 6.07) is 10.7. The number of hydrogen-bond acceptors (Lipinski definition) is 4. The number of carbonyl (C=O) groups excluding carboxylic acids is 3. The molecule has 10 heteroatoms. The molecule has 156 valence electrons. The first kappa shape index (κ1) is 21.7. The second-order valence-corrected chi connectivity index (χ2v) is 7.21. The Hall–Kier alpha value is -3.04. The molecule has 0 spiro atoms. The Bertz CT molecular complexity index is 1020. The van der Waals surface area contributed by atoms with E-state index in [1.165, 1.54) is 28.1 Å². The highest BCUT2D eigenvalue weighted by molar-refractivity contribution is 7.80. The van der Waals surface area contributed by atoms with Gasteiger partial charge in [-0.15, -0.1) is 0 Å². The minimum Gasteiger partial charge on any atom is -0.325 e. The number of amides is 3. The number of thiocarbonyl (C=S) groups is 1. The third-order valence-electron chi connectivity index (χ3n) is 4.45. The summed E-state index contributed by atoms with van der Waals surface area (Å²) in [5, 5.41) is 4.22. The molecule has 7 nitrogen and oxygen atoms in total. The summed E-state index contributed by atoms with van der Waals surface area (Å²) in [6.07, 6.45) is -0.274. The van der Waals surface area contributed by atoms with Crippen LogP contribution >= 0.6 is 23.8 Å². The predicted molar refractivity (Wildman–Crippen MR) is 114 cm³/mol. The molecular weight excluding hydrogens is 431 g/mol. The molecule has 1 atom stereocenters. The molecule has 0 aromatic heterocycles. The number of nitrogens with one attached hydrogen (secondary N) is 2. The summed E-state index contributed by atoms with van der Waals surface area (Å²) in [4.78, 5) is 39.1. The zero-order valence-corrected chi connectivity index (χ0v) is 17.5. The van der Waals surface area contributed by atoms with Gasteiger partial charge in [0.1, 0.15) is 11.9 Å². The van der Waals surface area contributed by atoms with E-state index in [-0.39, 0.29) is 23.6 Å². The lowest BCUT2D eigenvalue weighted by molar-refractivity contribution is -0.130. The third-order valence-corrected chi connectivity index (χ3v) is 5.20. The van der Waals surface area contributed by atoms with E-state index >= 15 is 0 Å². The number of hydrazine groups is 1. The minimum atomic E-state index is -1.04. The molecule has 0 aliphatic carbocycles. The summed E-state index contributed by atoms with van der Waals surface area (Å²) in [5.41, 5.74) is 2.97. The smallest absolute Gasteiger partial charge is 0.269 e. The number of halogens is 2. The molecule has 1 heterocycles. The number of carbonyl (C=O) groups is 3. The lowest BCUT2D eigenvalue weighted by Crippen LogP contribution is -2.49. The van der Waals surface area contributed by atoms with Gasteiger partial charge in [0.2, 0.25) is 5.91 Å². The van der Waals surface area contributed by atoms with Crippen LogP contribution in [0.25, 0.3) is 0 Å². The van der Waals surface area contributed by atoms with Crippen molar-refractivity contribution in [3.05, 3.63) is 64.9 Å². The van der Waals surface area contributed by atoms with Crippen LogP contribution in [-0.2, 0) is 9.59 Å². The fourth-order valence-corrected chi connectivity index (χ4v) is 3.56. The Labute approximate surface area is 182 Å². The van der Waals surface area contributed by atoms with Crippen LogP contribution in [0, 0.1) is 5.82 Å². The van der Waals surface area contributed by atoms with Crippen molar-refractivity contribution in [3.63, 3.8) is 0 Å². The molecular formula is C20H18ClFN4O3S. The summed E-state index contributed by atoms with van der Waals surface area (Å²) >= 11 is 11.4. The van der Waals surface area contributed by atoms with Crippen LogP contribution in [0.5, 0.6) is 0 Å². The first-order valence-electron chi connectivity index (χ1n) is 9.07. The van der Waals surface area contributed by atoms with Crippen molar-refractivity contribution in [1.82, 2.24) is 15.3 Å². The Kier molecular flexibility index (Phi) is 6.63. The van der Waals surface area contributed by atoms with Crippen molar-refractivity contribution in [2.45, 2.75) is 19.4 Å². The fourth-order valence-electron chi connectivity index (χ4n) is 2.99. The summed E-state index contributed by atoms with van der Waals surface area (Å²) in [5.74, 6) is -2.13. The van der Waals surface area contributed by atoms with E-state index in [1.807, 2.05) is 0 Å². The van der Waals surface area contributed by atoms with E-state index in [1.54, 1.807) is 31.2 Å². The second-order valence-electron chi connectivity index (χ2n) is 6.43. The van der Waals surface area contributed by atoms with Gasteiger partial charge in [0.15, 0.2) is 5.11 Å². The minimum absolute atomic E-state index is 0.0551. The standard InChI is InChI=1S/C20H18ClFN4O3S/c1-2-25-19(29)16(11-17(27)23-15-9-4-3-8-14(15)21)26(20(25)30)24-18(28)12-6-5-7-13(22)10-12/h3-10,16H,2,11H2,1H3,(H,23,27)(H,24,28). The Morgan fingerprint density at radius 1 is 1.20 bits per heavy atom. The molecule has 2 aromatic carbocycles. The van der Waals surface area contributed by atoms with Gasteiger partial charge in [-0.25, -0.2) is 9.40 Å². The Morgan fingerprint density at radius 3 is 2.60 bits per heavy atom. The van der Waals surface area contributed by atoms with Crippen LogP contribution in [0.1, 0.15) is 23.7 Å². The number of hydrogen-bond donors (Lipinski definition) is 2. The Morgan fingerprint density at radius 2 is 1.93 bits per heavy atom. The topological polar surface area (TPSA) is 81.8 Å². The van der Waals surface area contributed by atoms with Gasteiger partial charge < -0.3 is 5.32 Å². The largest absolute Gasteiger partial charge is 0.325 e.